The van der Waals surface area contributed by atoms with Crippen molar-refractivity contribution < 1.29 is 23.9 Å². The van der Waals surface area contributed by atoms with Crippen LogP contribution in [-0.2, 0) is 4.79 Å². The van der Waals surface area contributed by atoms with Crippen LogP contribution >= 0.6 is 0 Å². The van der Waals surface area contributed by atoms with Crippen LogP contribution in [0.2, 0.25) is 0 Å². The molecule has 0 atom stereocenters. The number of aromatic nitrogens is 1. The summed E-state index contributed by atoms with van der Waals surface area (Å²) in [7, 11) is 2.89. The number of anilines is 1. The van der Waals surface area contributed by atoms with Crippen molar-refractivity contribution in [3.8, 4) is 11.8 Å². The van der Waals surface area contributed by atoms with E-state index < -0.39 is 0 Å². The highest BCUT2D eigenvalue weighted by Gasteiger charge is 2.33. The lowest BCUT2D eigenvalue weighted by molar-refractivity contribution is -0.114. The van der Waals surface area contributed by atoms with E-state index >= 15 is 0 Å². The maximum Gasteiger partial charge on any atom is 0.277 e. The van der Waals surface area contributed by atoms with Crippen LogP contribution in [0.1, 0.15) is 34.1 Å². The first kappa shape index (κ1) is 20.1. The van der Waals surface area contributed by atoms with Gasteiger partial charge < -0.3 is 14.8 Å². The van der Waals surface area contributed by atoms with Crippen LogP contribution in [0.3, 0.4) is 0 Å². The number of nitrogens with zero attached hydrogens (tertiary/aromatic N) is 3. The zero-order chi connectivity index (χ0) is 21.0. The second-order valence-corrected chi connectivity index (χ2v) is 6.38. The van der Waals surface area contributed by atoms with E-state index in [1.165, 1.54) is 31.2 Å². The highest BCUT2D eigenvalue weighted by atomic mass is 16.5. The third-order valence-electron chi connectivity index (χ3n) is 4.40. The molecule has 0 bridgehead atoms. The summed E-state index contributed by atoms with van der Waals surface area (Å²) < 4.78 is 10.3. The van der Waals surface area contributed by atoms with Gasteiger partial charge >= 0.3 is 0 Å². The number of pyridine rings is 1. The lowest BCUT2D eigenvalue weighted by Gasteiger charge is -2.28. The van der Waals surface area contributed by atoms with Gasteiger partial charge in [-0.2, -0.15) is 4.98 Å². The van der Waals surface area contributed by atoms with E-state index in [0.29, 0.717) is 36.6 Å². The molecule has 0 radical (unpaired) electrons. The number of ether oxygens (including phenoxy) is 2. The predicted molar refractivity (Wildman–Crippen MR) is 105 cm³/mol. The lowest BCUT2D eigenvalue weighted by atomic mass is 10.2. The summed E-state index contributed by atoms with van der Waals surface area (Å²) in [6, 6.07) is 9.72. The van der Waals surface area contributed by atoms with Gasteiger partial charge in [-0.05, 0) is 30.7 Å². The zero-order valence-electron chi connectivity index (χ0n) is 16.5. The van der Waals surface area contributed by atoms with Crippen molar-refractivity contribution in [2.75, 3.05) is 32.6 Å². The monoisotopic (exact) mass is 398 g/mol. The third kappa shape index (κ3) is 4.29. The van der Waals surface area contributed by atoms with Gasteiger partial charge in [-0.25, -0.2) is 10.0 Å². The molecule has 1 aliphatic rings. The van der Waals surface area contributed by atoms with Gasteiger partial charge in [0.25, 0.3) is 11.8 Å². The second kappa shape index (κ2) is 8.59. The summed E-state index contributed by atoms with van der Waals surface area (Å²) in [5.74, 6) is -0.500. The molecule has 9 nitrogen and oxygen atoms in total. The van der Waals surface area contributed by atoms with Crippen LogP contribution in [0.25, 0.3) is 0 Å². The summed E-state index contributed by atoms with van der Waals surface area (Å²) in [5.41, 5.74) is 1.12. The van der Waals surface area contributed by atoms with E-state index in [0.717, 1.165) is 0 Å². The van der Waals surface area contributed by atoms with Crippen molar-refractivity contribution in [1.82, 2.24) is 15.0 Å². The summed E-state index contributed by atoms with van der Waals surface area (Å²) in [6.07, 6.45) is 0.648. The molecule has 3 amide bonds. The van der Waals surface area contributed by atoms with Crippen molar-refractivity contribution in [3.63, 3.8) is 0 Å². The Morgan fingerprint density at radius 1 is 1.00 bits per heavy atom. The van der Waals surface area contributed by atoms with Crippen LogP contribution in [0.5, 0.6) is 11.8 Å². The number of carbonyl (C=O) groups is 3. The molecule has 0 aliphatic carbocycles. The smallest absolute Gasteiger partial charge is 0.277 e. The SMILES string of the molecule is COc1ccc(C(=O)N2CCCN2C(=O)c2cccc(NC(C)=O)c2)c(OC)n1. The number of carbonyl (C=O) groups excluding carboxylic acids is 3. The first-order valence-electron chi connectivity index (χ1n) is 9.05. The number of nitrogens with one attached hydrogen (secondary N) is 1. The van der Waals surface area contributed by atoms with Crippen LogP contribution in [0.4, 0.5) is 5.69 Å². The second-order valence-electron chi connectivity index (χ2n) is 6.38. The molecule has 3 rings (SSSR count). The molecule has 1 N–H and O–H groups in total. The molecule has 0 spiro atoms. The third-order valence-corrected chi connectivity index (χ3v) is 4.40. The molecular formula is C20H22N4O5. The molecule has 29 heavy (non-hydrogen) atoms. The normalized spacial score (nSPS) is 13.2. The molecule has 2 heterocycles. The Balaban J connectivity index is 1.85. The van der Waals surface area contributed by atoms with Crippen LogP contribution < -0.4 is 14.8 Å². The quantitative estimate of drug-likeness (QED) is 0.826. The Morgan fingerprint density at radius 3 is 2.38 bits per heavy atom. The first-order chi connectivity index (χ1) is 13.9. The number of rotatable bonds is 5. The molecule has 1 aromatic heterocycles. The number of hydrazine groups is 1. The molecule has 1 aliphatic heterocycles. The maximum atomic E-state index is 13.1. The fourth-order valence-electron chi connectivity index (χ4n) is 3.11. The molecule has 2 aromatic rings. The molecule has 1 saturated heterocycles. The van der Waals surface area contributed by atoms with Gasteiger partial charge in [0.15, 0.2) is 0 Å². The molecule has 1 aromatic carbocycles. The summed E-state index contributed by atoms with van der Waals surface area (Å²) in [4.78, 5) is 41.5. The molecule has 0 unspecified atom stereocenters. The minimum absolute atomic E-state index is 0.126. The minimum Gasteiger partial charge on any atom is -0.481 e. The molecule has 0 saturated carbocycles. The largest absolute Gasteiger partial charge is 0.481 e. The Labute approximate surface area is 168 Å². The Kier molecular flexibility index (Phi) is 5.96. The fourth-order valence-corrected chi connectivity index (χ4v) is 3.11. The van der Waals surface area contributed by atoms with E-state index in [1.54, 1.807) is 36.4 Å². The van der Waals surface area contributed by atoms with Crippen molar-refractivity contribution in [2.45, 2.75) is 13.3 Å². The first-order valence-corrected chi connectivity index (χ1v) is 9.05. The van der Waals surface area contributed by atoms with Crippen LogP contribution in [0, 0.1) is 0 Å². The summed E-state index contributed by atoms with van der Waals surface area (Å²) >= 11 is 0. The average molecular weight is 398 g/mol. The van der Waals surface area contributed by atoms with Crippen molar-refractivity contribution in [2.24, 2.45) is 0 Å². The molecular weight excluding hydrogens is 376 g/mol. The van der Waals surface area contributed by atoms with E-state index in [-0.39, 0.29) is 29.2 Å². The number of methoxy groups -OCH3 is 2. The van der Waals surface area contributed by atoms with E-state index in [9.17, 15) is 14.4 Å². The zero-order valence-corrected chi connectivity index (χ0v) is 16.5. The Bertz CT molecular complexity index is 946. The standard InChI is InChI=1S/C20H22N4O5/c1-13(25)21-15-7-4-6-14(12-15)19(26)23-10-5-11-24(23)20(27)16-8-9-17(28-2)22-18(16)29-3/h4,6-9,12H,5,10-11H2,1-3H3,(H,21,25). The van der Waals surface area contributed by atoms with Gasteiger partial charge in [0.05, 0.1) is 14.2 Å². The van der Waals surface area contributed by atoms with E-state index in [4.69, 9.17) is 9.47 Å². The van der Waals surface area contributed by atoms with Gasteiger partial charge in [0.1, 0.15) is 5.56 Å². The number of amides is 3. The molecule has 1 fully saturated rings. The van der Waals surface area contributed by atoms with E-state index in [1.807, 2.05) is 0 Å². The Morgan fingerprint density at radius 2 is 1.72 bits per heavy atom. The van der Waals surface area contributed by atoms with Crippen LogP contribution in [0.15, 0.2) is 36.4 Å². The van der Waals surface area contributed by atoms with Gasteiger partial charge in [0.2, 0.25) is 17.7 Å². The minimum atomic E-state index is -0.388. The average Bonchev–Trinajstić information content (AvgIpc) is 3.21. The lowest BCUT2D eigenvalue weighted by Crippen LogP contribution is -2.45. The summed E-state index contributed by atoms with van der Waals surface area (Å²) in [6.45, 7) is 2.19. The highest BCUT2D eigenvalue weighted by Crippen LogP contribution is 2.25. The maximum absolute atomic E-state index is 13.1. The van der Waals surface area contributed by atoms with Gasteiger partial charge in [0, 0.05) is 37.3 Å². The summed E-state index contributed by atoms with van der Waals surface area (Å²) in [5, 5.41) is 5.44. The number of hydrogen-bond acceptors (Lipinski definition) is 6. The molecule has 9 heteroatoms. The van der Waals surface area contributed by atoms with Crippen LogP contribution in [-0.4, -0.2) is 60.0 Å². The van der Waals surface area contributed by atoms with Gasteiger partial charge in [-0.3, -0.25) is 14.4 Å². The van der Waals surface area contributed by atoms with E-state index in [2.05, 4.69) is 10.3 Å². The molecule has 152 valence electrons. The topological polar surface area (TPSA) is 101 Å². The van der Waals surface area contributed by atoms with Gasteiger partial charge in [-0.1, -0.05) is 6.07 Å². The van der Waals surface area contributed by atoms with Crippen molar-refractivity contribution in [3.05, 3.63) is 47.5 Å². The predicted octanol–water partition coefficient (Wildman–Crippen LogP) is 1.96. The Hall–Kier alpha value is -3.62. The number of benzene rings is 1. The van der Waals surface area contributed by atoms with Crippen molar-refractivity contribution >= 4 is 23.4 Å². The highest BCUT2D eigenvalue weighted by molar-refractivity contribution is 6.01. The number of hydrogen-bond donors (Lipinski definition) is 1. The fraction of sp³-hybridized carbons (Fsp3) is 0.300. The van der Waals surface area contributed by atoms with Crippen molar-refractivity contribution in [1.29, 1.82) is 0 Å². The van der Waals surface area contributed by atoms with Gasteiger partial charge in [-0.15, -0.1) is 0 Å².